The monoisotopic (exact) mass is 383 g/mol. The number of anilines is 3. The van der Waals surface area contributed by atoms with E-state index in [2.05, 4.69) is 43.9 Å². The molecule has 2 aliphatic rings. The van der Waals surface area contributed by atoms with Gasteiger partial charge in [0.05, 0.1) is 18.3 Å². The highest BCUT2D eigenvalue weighted by Gasteiger charge is 2.29. The van der Waals surface area contributed by atoms with Crippen LogP contribution in [-0.2, 0) is 4.74 Å². The number of hydrogen-bond acceptors (Lipinski definition) is 8. The summed E-state index contributed by atoms with van der Waals surface area (Å²) < 4.78 is 5.99. The highest BCUT2D eigenvalue weighted by Crippen LogP contribution is 2.24. The Balaban J connectivity index is 1.39. The van der Waals surface area contributed by atoms with Crippen molar-refractivity contribution >= 4 is 17.6 Å². The van der Waals surface area contributed by atoms with Gasteiger partial charge in [-0.2, -0.15) is 4.98 Å². The molecule has 0 spiro atoms. The van der Waals surface area contributed by atoms with Crippen LogP contribution in [0.1, 0.15) is 26.7 Å². The topological polar surface area (TPSA) is 79.3 Å². The van der Waals surface area contributed by atoms with Crippen LogP contribution in [0.4, 0.5) is 17.6 Å². The molecule has 0 aromatic carbocycles. The predicted octanol–water partition coefficient (Wildman–Crippen LogP) is 2.21. The van der Waals surface area contributed by atoms with Gasteiger partial charge in [-0.15, -0.1) is 0 Å². The van der Waals surface area contributed by atoms with Crippen LogP contribution in [-0.4, -0.2) is 64.9 Å². The van der Waals surface area contributed by atoms with E-state index in [4.69, 9.17) is 9.72 Å². The van der Waals surface area contributed by atoms with E-state index in [-0.39, 0.29) is 6.10 Å². The van der Waals surface area contributed by atoms with E-state index < -0.39 is 0 Å². The van der Waals surface area contributed by atoms with Crippen LogP contribution in [0.5, 0.6) is 0 Å². The van der Waals surface area contributed by atoms with Gasteiger partial charge in [0.1, 0.15) is 11.6 Å². The van der Waals surface area contributed by atoms with E-state index in [1.165, 1.54) is 0 Å². The minimum atomic E-state index is 0.225. The molecule has 0 saturated carbocycles. The van der Waals surface area contributed by atoms with Gasteiger partial charge in [0.2, 0.25) is 5.95 Å². The van der Waals surface area contributed by atoms with Crippen molar-refractivity contribution < 1.29 is 4.74 Å². The predicted molar refractivity (Wildman–Crippen MR) is 110 cm³/mol. The highest BCUT2D eigenvalue weighted by atomic mass is 16.5. The second-order valence-corrected chi connectivity index (χ2v) is 7.75. The molecule has 8 heteroatoms. The van der Waals surface area contributed by atoms with Crippen LogP contribution in [0, 0.1) is 5.92 Å². The van der Waals surface area contributed by atoms with Gasteiger partial charge in [-0.3, -0.25) is 4.98 Å². The first-order chi connectivity index (χ1) is 13.7. The molecular weight excluding hydrogens is 354 g/mol. The van der Waals surface area contributed by atoms with E-state index in [0.717, 1.165) is 63.2 Å². The van der Waals surface area contributed by atoms with Crippen LogP contribution < -0.4 is 15.1 Å². The summed E-state index contributed by atoms with van der Waals surface area (Å²) in [6, 6.07) is 2.25. The molecule has 2 aromatic heterocycles. The summed E-state index contributed by atoms with van der Waals surface area (Å²) in [6.07, 6.45) is 9.51. The molecule has 0 bridgehead atoms. The zero-order valence-electron chi connectivity index (χ0n) is 16.7. The second kappa shape index (κ2) is 8.68. The van der Waals surface area contributed by atoms with Crippen LogP contribution in [0.25, 0.3) is 0 Å². The van der Waals surface area contributed by atoms with E-state index in [0.29, 0.717) is 12.0 Å². The first-order valence-corrected chi connectivity index (χ1v) is 10.2. The van der Waals surface area contributed by atoms with Gasteiger partial charge in [0, 0.05) is 51.4 Å². The normalized spacial score (nSPS) is 23.1. The first-order valence-electron chi connectivity index (χ1n) is 10.2. The van der Waals surface area contributed by atoms with Crippen molar-refractivity contribution in [3.05, 3.63) is 30.9 Å². The maximum Gasteiger partial charge on any atom is 0.227 e. The Morgan fingerprint density at radius 1 is 1.07 bits per heavy atom. The van der Waals surface area contributed by atoms with Gasteiger partial charge in [0.15, 0.2) is 0 Å². The lowest BCUT2D eigenvalue weighted by Gasteiger charge is -2.36. The Morgan fingerprint density at radius 3 is 2.64 bits per heavy atom. The Bertz CT molecular complexity index is 749. The molecule has 0 aliphatic carbocycles. The van der Waals surface area contributed by atoms with Gasteiger partial charge >= 0.3 is 0 Å². The van der Waals surface area contributed by atoms with Crippen molar-refractivity contribution in [1.29, 1.82) is 0 Å². The lowest BCUT2D eigenvalue weighted by Crippen LogP contribution is -2.47. The quantitative estimate of drug-likeness (QED) is 0.842. The summed E-state index contributed by atoms with van der Waals surface area (Å²) >= 11 is 0. The SMILES string of the molecule is CC(C)[C@@H]1OCCC[C@H]1Nc1ccnc(N2CCN(c3cnccn3)CC2)n1. The van der Waals surface area contributed by atoms with Gasteiger partial charge in [0.25, 0.3) is 0 Å². The third-order valence-corrected chi connectivity index (χ3v) is 5.44. The number of piperazine rings is 1. The lowest BCUT2D eigenvalue weighted by molar-refractivity contribution is -0.0203. The molecule has 28 heavy (non-hydrogen) atoms. The van der Waals surface area contributed by atoms with E-state index in [9.17, 15) is 0 Å². The fraction of sp³-hybridized carbons (Fsp3) is 0.600. The van der Waals surface area contributed by atoms with Gasteiger partial charge in [-0.1, -0.05) is 13.8 Å². The summed E-state index contributed by atoms with van der Waals surface area (Å²) in [5.41, 5.74) is 0. The second-order valence-electron chi connectivity index (χ2n) is 7.75. The van der Waals surface area contributed by atoms with Crippen molar-refractivity contribution in [2.75, 3.05) is 47.9 Å². The van der Waals surface area contributed by atoms with Gasteiger partial charge < -0.3 is 19.9 Å². The Labute approximate surface area is 166 Å². The summed E-state index contributed by atoms with van der Waals surface area (Å²) in [4.78, 5) is 22.3. The third-order valence-electron chi connectivity index (χ3n) is 5.44. The van der Waals surface area contributed by atoms with Crippen molar-refractivity contribution in [2.45, 2.75) is 38.8 Å². The molecule has 2 aliphatic heterocycles. The van der Waals surface area contributed by atoms with Crippen molar-refractivity contribution in [3.63, 3.8) is 0 Å². The summed E-state index contributed by atoms with van der Waals surface area (Å²) in [5.74, 6) is 3.06. The maximum atomic E-state index is 5.99. The number of rotatable bonds is 5. The molecule has 0 unspecified atom stereocenters. The van der Waals surface area contributed by atoms with Crippen molar-refractivity contribution in [2.24, 2.45) is 5.92 Å². The lowest BCUT2D eigenvalue weighted by atomic mass is 9.94. The van der Waals surface area contributed by atoms with Crippen LogP contribution in [0.2, 0.25) is 0 Å². The molecule has 2 atom stereocenters. The molecule has 4 heterocycles. The first kappa shape index (κ1) is 18.9. The smallest absolute Gasteiger partial charge is 0.227 e. The molecule has 2 aromatic rings. The van der Waals surface area contributed by atoms with Gasteiger partial charge in [-0.05, 0) is 24.8 Å². The molecule has 2 saturated heterocycles. The third kappa shape index (κ3) is 4.32. The summed E-state index contributed by atoms with van der Waals surface area (Å²) in [7, 11) is 0. The van der Waals surface area contributed by atoms with Crippen molar-refractivity contribution in [3.8, 4) is 0 Å². The van der Waals surface area contributed by atoms with Crippen molar-refractivity contribution in [1.82, 2.24) is 19.9 Å². The number of nitrogens with zero attached hydrogens (tertiary/aromatic N) is 6. The zero-order chi connectivity index (χ0) is 19.3. The molecule has 0 amide bonds. The fourth-order valence-corrected chi connectivity index (χ4v) is 3.98. The van der Waals surface area contributed by atoms with Gasteiger partial charge in [-0.25, -0.2) is 9.97 Å². The number of aromatic nitrogens is 4. The molecule has 150 valence electrons. The van der Waals surface area contributed by atoms with Crippen LogP contribution >= 0.6 is 0 Å². The molecule has 2 fully saturated rings. The Morgan fingerprint density at radius 2 is 1.89 bits per heavy atom. The summed E-state index contributed by atoms with van der Waals surface area (Å²) in [5, 5.41) is 3.59. The average Bonchev–Trinajstić information content (AvgIpc) is 2.75. The molecule has 0 radical (unpaired) electrons. The Kier molecular flexibility index (Phi) is 5.85. The number of nitrogens with one attached hydrogen (secondary N) is 1. The van der Waals surface area contributed by atoms with Crippen LogP contribution in [0.3, 0.4) is 0 Å². The maximum absolute atomic E-state index is 5.99. The van der Waals surface area contributed by atoms with Crippen LogP contribution in [0.15, 0.2) is 30.9 Å². The molecule has 4 rings (SSSR count). The highest BCUT2D eigenvalue weighted by molar-refractivity contribution is 5.45. The number of hydrogen-bond donors (Lipinski definition) is 1. The standard InChI is InChI=1S/C20H29N7O/c1-15(2)19-16(4-3-13-28-19)24-17-5-6-23-20(25-17)27-11-9-26(10-12-27)18-14-21-7-8-22-18/h5-8,14-16,19H,3-4,9-13H2,1-2H3,(H,23,24,25)/t16-,19+/m1/s1. The molecular formula is C20H29N7O. The summed E-state index contributed by atoms with van der Waals surface area (Å²) in [6.45, 7) is 8.77. The average molecular weight is 384 g/mol. The zero-order valence-corrected chi connectivity index (χ0v) is 16.7. The van der Waals surface area contributed by atoms with E-state index in [1.54, 1.807) is 12.4 Å². The minimum absolute atomic E-state index is 0.225. The molecule has 1 N–H and O–H groups in total. The van der Waals surface area contributed by atoms with E-state index in [1.807, 2.05) is 18.5 Å². The minimum Gasteiger partial charge on any atom is -0.376 e. The largest absolute Gasteiger partial charge is 0.376 e. The number of ether oxygens (including phenoxy) is 1. The Hall–Kier alpha value is -2.48. The van der Waals surface area contributed by atoms with E-state index >= 15 is 0 Å². The molecule has 8 nitrogen and oxygen atoms in total. The fourth-order valence-electron chi connectivity index (χ4n) is 3.98.